The van der Waals surface area contributed by atoms with E-state index >= 15 is 0 Å². The molecule has 1 aromatic carbocycles. The Kier molecular flexibility index (Phi) is 2.77. The molecule has 1 heterocycles. The van der Waals surface area contributed by atoms with E-state index < -0.39 is 0 Å². The second-order valence-corrected chi connectivity index (χ2v) is 4.19. The zero-order valence-corrected chi connectivity index (χ0v) is 9.38. The first-order valence-corrected chi connectivity index (χ1v) is 5.35. The summed E-state index contributed by atoms with van der Waals surface area (Å²) >= 11 is 0. The van der Waals surface area contributed by atoms with Gasteiger partial charge in [-0.2, -0.15) is 0 Å². The summed E-state index contributed by atoms with van der Waals surface area (Å²) in [5.41, 5.74) is 2.35. The van der Waals surface area contributed by atoms with Crippen LogP contribution >= 0.6 is 0 Å². The molecule has 0 spiro atoms. The lowest BCUT2D eigenvalue weighted by Gasteiger charge is -2.09. The Morgan fingerprint density at radius 3 is 2.94 bits per heavy atom. The van der Waals surface area contributed by atoms with Gasteiger partial charge in [-0.1, -0.05) is 13.0 Å². The van der Waals surface area contributed by atoms with Crippen molar-refractivity contribution in [3.8, 4) is 0 Å². The van der Waals surface area contributed by atoms with E-state index in [0.29, 0.717) is 17.4 Å². The average Bonchev–Trinajstić information content (AvgIpc) is 2.60. The molecule has 0 saturated heterocycles. The largest absolute Gasteiger partial charge is 0.359 e. The molecule has 0 fully saturated rings. The molecule has 2 aromatic rings. The third-order valence-corrected chi connectivity index (χ3v) is 2.88. The lowest BCUT2D eigenvalue weighted by Crippen LogP contribution is -1.98. The second kappa shape index (κ2) is 4.08. The van der Waals surface area contributed by atoms with Crippen molar-refractivity contribution >= 4 is 17.2 Å². The van der Waals surface area contributed by atoms with Gasteiger partial charge in [-0.25, -0.2) is 4.39 Å². The van der Waals surface area contributed by atoms with Crippen LogP contribution in [0.15, 0.2) is 18.2 Å². The molecule has 1 N–H and O–H groups in total. The van der Waals surface area contributed by atoms with Crippen molar-refractivity contribution in [3.05, 3.63) is 35.3 Å². The van der Waals surface area contributed by atoms with Crippen LogP contribution in [-0.4, -0.2) is 11.3 Å². The van der Waals surface area contributed by atoms with E-state index in [2.05, 4.69) is 4.98 Å². The fourth-order valence-electron chi connectivity index (χ4n) is 1.98. The van der Waals surface area contributed by atoms with Crippen molar-refractivity contribution in [2.75, 3.05) is 0 Å². The molecule has 1 atom stereocenters. The van der Waals surface area contributed by atoms with Crippen LogP contribution in [0.3, 0.4) is 0 Å². The maximum absolute atomic E-state index is 14.1. The van der Waals surface area contributed by atoms with Crippen LogP contribution in [0.4, 0.5) is 4.39 Å². The van der Waals surface area contributed by atoms with Crippen molar-refractivity contribution in [2.24, 2.45) is 0 Å². The quantitative estimate of drug-likeness (QED) is 0.789. The fraction of sp³-hybridized carbons (Fsp3) is 0.308. The van der Waals surface area contributed by atoms with Gasteiger partial charge in [0.05, 0.1) is 0 Å². The van der Waals surface area contributed by atoms with Crippen molar-refractivity contribution in [2.45, 2.75) is 26.2 Å². The molecule has 0 aliphatic heterocycles. The number of halogens is 1. The first-order chi connectivity index (χ1) is 7.63. The highest BCUT2D eigenvalue weighted by molar-refractivity contribution is 5.82. The minimum absolute atomic E-state index is 0.0721. The number of hydrogen-bond acceptors (Lipinski definition) is 1. The van der Waals surface area contributed by atoms with Gasteiger partial charge in [-0.05, 0) is 30.5 Å². The van der Waals surface area contributed by atoms with Crippen molar-refractivity contribution in [1.29, 1.82) is 0 Å². The summed E-state index contributed by atoms with van der Waals surface area (Å²) in [6.07, 6.45) is 1.18. The highest BCUT2D eigenvalue weighted by atomic mass is 19.1. The molecule has 2 rings (SSSR count). The first kappa shape index (κ1) is 10.9. The first-order valence-electron chi connectivity index (χ1n) is 5.35. The predicted molar refractivity (Wildman–Crippen MR) is 62.1 cm³/mol. The molecule has 0 amide bonds. The molecule has 3 heteroatoms. The summed E-state index contributed by atoms with van der Waals surface area (Å²) in [7, 11) is 0. The summed E-state index contributed by atoms with van der Waals surface area (Å²) in [5.74, 6) is -0.284. The maximum atomic E-state index is 14.1. The number of hydrogen-bond donors (Lipinski definition) is 1. The number of rotatable bonds is 3. The van der Waals surface area contributed by atoms with Gasteiger partial charge in [0.2, 0.25) is 0 Å². The van der Waals surface area contributed by atoms with E-state index in [1.165, 1.54) is 0 Å². The number of benzene rings is 1. The van der Waals surface area contributed by atoms with Gasteiger partial charge in [0, 0.05) is 23.0 Å². The molecular weight excluding hydrogens is 205 g/mol. The van der Waals surface area contributed by atoms with E-state index in [-0.39, 0.29) is 11.7 Å². The Hall–Kier alpha value is -1.64. The number of aromatic amines is 1. The second-order valence-electron chi connectivity index (χ2n) is 4.19. The smallest absolute Gasteiger partial charge is 0.136 e. The fourth-order valence-corrected chi connectivity index (χ4v) is 1.98. The molecule has 0 saturated carbocycles. The van der Waals surface area contributed by atoms with Gasteiger partial charge < -0.3 is 9.78 Å². The molecule has 84 valence electrons. The van der Waals surface area contributed by atoms with Crippen LogP contribution in [0.2, 0.25) is 0 Å². The van der Waals surface area contributed by atoms with E-state index in [0.717, 1.165) is 17.5 Å². The molecular formula is C13H14FNO. The van der Waals surface area contributed by atoms with E-state index in [1.54, 1.807) is 12.1 Å². The third kappa shape index (κ3) is 1.73. The highest BCUT2D eigenvalue weighted by Gasteiger charge is 2.14. The zero-order valence-electron chi connectivity index (χ0n) is 9.38. The highest BCUT2D eigenvalue weighted by Crippen LogP contribution is 2.27. The topological polar surface area (TPSA) is 32.9 Å². The van der Waals surface area contributed by atoms with Gasteiger partial charge in [0.15, 0.2) is 0 Å². The third-order valence-electron chi connectivity index (χ3n) is 2.88. The molecule has 1 aromatic heterocycles. The summed E-state index contributed by atoms with van der Waals surface area (Å²) in [5, 5.41) is 0.604. The normalized spacial score (nSPS) is 12.9. The molecule has 1 unspecified atom stereocenters. The zero-order chi connectivity index (χ0) is 11.7. The van der Waals surface area contributed by atoms with E-state index in [9.17, 15) is 9.18 Å². The van der Waals surface area contributed by atoms with Gasteiger partial charge in [0.1, 0.15) is 12.1 Å². The standard InChI is InChI=1S/C13H14FNO/c1-8(5-6-16)10-3-4-12-11(13(10)14)7-9(2)15-12/h3-4,6-8,15H,5H2,1-2H3. The summed E-state index contributed by atoms with van der Waals surface area (Å²) in [4.78, 5) is 13.5. The number of carbonyl (C=O) groups excluding carboxylic acids is 1. The molecule has 2 nitrogen and oxygen atoms in total. The monoisotopic (exact) mass is 219 g/mol. The Balaban J connectivity index is 2.55. The lowest BCUT2D eigenvalue weighted by molar-refractivity contribution is -0.108. The van der Waals surface area contributed by atoms with Crippen LogP contribution in [0.1, 0.15) is 30.5 Å². The molecule has 0 aliphatic carbocycles. The van der Waals surface area contributed by atoms with Crippen LogP contribution in [-0.2, 0) is 4.79 Å². The summed E-state index contributed by atoms with van der Waals surface area (Å²) in [6.45, 7) is 3.76. The Morgan fingerprint density at radius 2 is 2.25 bits per heavy atom. The van der Waals surface area contributed by atoms with Gasteiger partial charge in [0.25, 0.3) is 0 Å². The lowest BCUT2D eigenvalue weighted by atomic mass is 9.96. The molecule has 0 bridgehead atoms. The van der Waals surface area contributed by atoms with Crippen molar-refractivity contribution in [3.63, 3.8) is 0 Å². The minimum atomic E-state index is -0.212. The number of aryl methyl sites for hydroxylation is 1. The number of aldehydes is 1. The maximum Gasteiger partial charge on any atom is 0.136 e. The SMILES string of the molecule is Cc1cc2c(F)c(C(C)CC=O)ccc2[nH]1. The number of fused-ring (bicyclic) bond motifs is 1. The van der Waals surface area contributed by atoms with Gasteiger partial charge >= 0.3 is 0 Å². The van der Waals surface area contributed by atoms with Crippen LogP contribution in [0, 0.1) is 12.7 Å². The molecule has 0 radical (unpaired) electrons. The van der Waals surface area contributed by atoms with Crippen LogP contribution in [0.25, 0.3) is 10.9 Å². The summed E-state index contributed by atoms with van der Waals surface area (Å²) in [6, 6.07) is 5.41. The van der Waals surface area contributed by atoms with E-state index in [4.69, 9.17) is 0 Å². The summed E-state index contributed by atoms with van der Waals surface area (Å²) < 4.78 is 14.1. The molecule has 16 heavy (non-hydrogen) atoms. The number of carbonyl (C=O) groups is 1. The van der Waals surface area contributed by atoms with Gasteiger partial charge in [-0.3, -0.25) is 0 Å². The van der Waals surface area contributed by atoms with Gasteiger partial charge in [-0.15, -0.1) is 0 Å². The Labute approximate surface area is 93.5 Å². The Morgan fingerprint density at radius 1 is 1.50 bits per heavy atom. The van der Waals surface area contributed by atoms with Crippen LogP contribution in [0.5, 0.6) is 0 Å². The number of aromatic nitrogens is 1. The predicted octanol–water partition coefficient (Wildman–Crippen LogP) is 3.31. The van der Waals surface area contributed by atoms with Crippen molar-refractivity contribution < 1.29 is 9.18 Å². The number of H-pyrrole nitrogens is 1. The average molecular weight is 219 g/mol. The number of nitrogens with one attached hydrogen (secondary N) is 1. The molecule has 0 aliphatic rings. The Bertz CT molecular complexity index is 530. The minimum Gasteiger partial charge on any atom is -0.359 e. The van der Waals surface area contributed by atoms with Crippen LogP contribution < -0.4 is 0 Å². The van der Waals surface area contributed by atoms with Crippen molar-refractivity contribution in [1.82, 2.24) is 4.98 Å². The van der Waals surface area contributed by atoms with E-state index in [1.807, 2.05) is 19.9 Å².